The molecule has 1 N–H and O–H groups in total. The van der Waals surface area contributed by atoms with Gasteiger partial charge in [0.05, 0.1) is 23.8 Å². The molecule has 26 heteroatoms. The minimum Gasteiger partial charge on any atom is -0.459 e. The van der Waals surface area contributed by atoms with Gasteiger partial charge < -0.3 is 66.3 Å². The highest BCUT2D eigenvalue weighted by Crippen LogP contribution is 2.43. The molecule has 0 radical (unpaired) electrons. The lowest BCUT2D eigenvalue weighted by Gasteiger charge is -2.49. The highest BCUT2D eigenvalue weighted by molar-refractivity contribution is 6.76. The monoisotopic (exact) mass is 1120 g/mol. The predicted octanol–water partition coefficient (Wildman–Crippen LogP) is 6.61. The number of rotatable bonds is 18. The molecule has 0 spiro atoms. The van der Waals surface area contributed by atoms with Gasteiger partial charge in [-0.1, -0.05) is 107 Å². The lowest BCUT2D eigenvalue weighted by Crippen LogP contribution is -2.67. The van der Waals surface area contributed by atoms with Gasteiger partial charge in [0.15, 0.2) is 30.6 Å². The number of nitrogens with one attached hydrogen (secondary N) is 1. The average Bonchev–Trinajstić information content (AvgIpc) is 3.71. The molecule has 0 amide bonds. The molecule has 0 aromatic heterocycles. The van der Waals surface area contributed by atoms with Crippen LogP contribution in [-0.2, 0) is 87.3 Å². The molecule has 4 fully saturated rings. The van der Waals surface area contributed by atoms with Gasteiger partial charge in [-0.15, -0.1) is 0 Å². The molecule has 23 nitrogen and oxygen atoms in total. The summed E-state index contributed by atoms with van der Waals surface area (Å²) in [4.78, 5) is 68.4. The van der Waals surface area contributed by atoms with Crippen LogP contribution in [0.15, 0.2) is 96.1 Å². The zero-order chi connectivity index (χ0) is 54.9. The van der Waals surface area contributed by atoms with Gasteiger partial charge in [0.2, 0.25) is 12.2 Å². The molecule has 4 aliphatic heterocycles. The Morgan fingerprint density at radius 3 is 1.67 bits per heavy atom. The SMILES string of the molecule is CC(=O)O[C@H]1[C@H](OCc2ccccc2)[C@H](O[C@H]2[C@H](O[C@H]3[C@H](OC(C)=O)[C@@H](N=[N+]=[N-])C(OC(=N)C(Cl)(Cl)Cl)O[C@@H]3COC(=O)c3ccccc3)O[C@H](COC(=O)c3ccccc3)[C@@H]3OC(C)(C)O[C@@H]32)O[C@@H](C)[C@H]1OC(C)=O. The van der Waals surface area contributed by atoms with Crippen LogP contribution in [0, 0.1) is 5.41 Å². The summed E-state index contributed by atoms with van der Waals surface area (Å²) in [6, 6.07) is 23.2. The third-order valence-electron chi connectivity index (χ3n) is 12.0. The summed E-state index contributed by atoms with van der Waals surface area (Å²) < 4.78 is 84.7. The van der Waals surface area contributed by atoms with E-state index in [9.17, 15) is 29.5 Å². The number of halogens is 3. The molecule has 0 aliphatic carbocycles. The van der Waals surface area contributed by atoms with E-state index in [0.717, 1.165) is 13.8 Å². The van der Waals surface area contributed by atoms with E-state index in [2.05, 4.69) is 10.0 Å². The number of esters is 5. The minimum absolute atomic E-state index is 0.102. The van der Waals surface area contributed by atoms with Gasteiger partial charge in [0.25, 0.3) is 3.79 Å². The second-order valence-electron chi connectivity index (χ2n) is 18.1. The minimum atomic E-state index is -2.48. The number of alkyl halides is 3. The first kappa shape index (κ1) is 58.0. The number of carbonyl (C=O) groups excluding carboxylic acids is 5. The van der Waals surface area contributed by atoms with Gasteiger partial charge in [-0.3, -0.25) is 19.8 Å². The summed E-state index contributed by atoms with van der Waals surface area (Å²) in [5.74, 6) is -6.39. The van der Waals surface area contributed by atoms with Crippen LogP contribution in [0.4, 0.5) is 0 Å². The molecule has 1 unspecified atom stereocenters. The summed E-state index contributed by atoms with van der Waals surface area (Å²) in [7, 11) is 0. The largest absolute Gasteiger partial charge is 0.459 e. The van der Waals surface area contributed by atoms with E-state index in [1.807, 2.05) is 0 Å². The summed E-state index contributed by atoms with van der Waals surface area (Å²) in [5.41, 5.74) is 11.0. The molecule has 4 heterocycles. The molecule has 3 aromatic rings. The Labute approximate surface area is 450 Å². The van der Waals surface area contributed by atoms with E-state index in [0.29, 0.717) is 5.56 Å². The zero-order valence-corrected chi connectivity index (χ0v) is 43.9. The normalized spacial score (nSPS) is 30.8. The number of ether oxygens (including phenoxy) is 14. The van der Waals surface area contributed by atoms with Crippen molar-refractivity contribution in [1.29, 1.82) is 5.41 Å². The number of carbonyl (C=O) groups is 5. The van der Waals surface area contributed by atoms with Crippen molar-refractivity contribution < 1.29 is 90.3 Å². The average molecular weight is 1120 g/mol. The van der Waals surface area contributed by atoms with Crippen LogP contribution in [0.3, 0.4) is 0 Å². The lowest BCUT2D eigenvalue weighted by atomic mass is 9.95. The van der Waals surface area contributed by atoms with Gasteiger partial charge in [-0.05, 0) is 56.1 Å². The maximum atomic E-state index is 13.5. The van der Waals surface area contributed by atoms with Crippen LogP contribution in [0.2, 0.25) is 0 Å². The van der Waals surface area contributed by atoms with Crippen molar-refractivity contribution in [2.24, 2.45) is 5.11 Å². The van der Waals surface area contributed by atoms with Crippen molar-refractivity contribution in [1.82, 2.24) is 0 Å². The number of azide groups is 1. The molecule has 0 saturated carbocycles. The first-order chi connectivity index (χ1) is 36.1. The molecule has 15 atom stereocenters. The Morgan fingerprint density at radius 1 is 0.632 bits per heavy atom. The summed E-state index contributed by atoms with van der Waals surface area (Å²) in [6.45, 7) is 6.85. The Hall–Kier alpha value is -5.66. The van der Waals surface area contributed by atoms with Crippen LogP contribution in [-0.4, -0.2) is 151 Å². The Balaban J connectivity index is 1.34. The third kappa shape index (κ3) is 14.9. The van der Waals surface area contributed by atoms with Crippen LogP contribution < -0.4 is 0 Å². The van der Waals surface area contributed by atoms with E-state index in [4.69, 9.17) is 107 Å². The molecule has 4 aliphatic rings. The van der Waals surface area contributed by atoms with Crippen LogP contribution >= 0.6 is 34.8 Å². The molecule has 410 valence electrons. The maximum absolute atomic E-state index is 13.5. The highest BCUT2D eigenvalue weighted by Gasteiger charge is 2.61. The summed E-state index contributed by atoms with van der Waals surface area (Å²) >= 11 is 18.0. The molecule has 7 rings (SSSR count). The van der Waals surface area contributed by atoms with Crippen molar-refractivity contribution >= 4 is 70.5 Å². The van der Waals surface area contributed by atoms with Gasteiger partial charge in [-0.2, -0.15) is 0 Å². The van der Waals surface area contributed by atoms with E-state index < -0.39 is 151 Å². The van der Waals surface area contributed by atoms with Crippen molar-refractivity contribution in [3.05, 3.63) is 118 Å². The van der Waals surface area contributed by atoms with Crippen LogP contribution in [0.1, 0.15) is 67.8 Å². The van der Waals surface area contributed by atoms with Crippen molar-refractivity contribution in [2.45, 2.75) is 150 Å². The van der Waals surface area contributed by atoms with E-state index in [1.54, 1.807) is 99.6 Å². The molecular formula is C50H55Cl3N4O19. The van der Waals surface area contributed by atoms with Crippen molar-refractivity contribution in [2.75, 3.05) is 13.2 Å². The number of hydrogen-bond donors (Lipinski definition) is 1. The highest BCUT2D eigenvalue weighted by atomic mass is 35.6. The molecule has 4 saturated heterocycles. The third-order valence-corrected chi connectivity index (χ3v) is 12.5. The Kier molecular flexibility index (Phi) is 19.6. The number of hydrogen-bond acceptors (Lipinski definition) is 21. The molecule has 76 heavy (non-hydrogen) atoms. The second-order valence-corrected chi connectivity index (χ2v) is 20.4. The first-order valence-electron chi connectivity index (χ1n) is 23.7. The van der Waals surface area contributed by atoms with E-state index >= 15 is 0 Å². The summed E-state index contributed by atoms with van der Waals surface area (Å²) in [6.07, 6.45) is -20.5. The number of fused-ring (bicyclic) bond motifs is 1. The van der Waals surface area contributed by atoms with Crippen molar-refractivity contribution in [3.63, 3.8) is 0 Å². The Morgan fingerprint density at radius 2 is 1.12 bits per heavy atom. The first-order valence-corrected chi connectivity index (χ1v) is 24.9. The van der Waals surface area contributed by atoms with Gasteiger partial charge in [0.1, 0.15) is 68.1 Å². The van der Waals surface area contributed by atoms with Gasteiger partial charge in [-0.25, -0.2) is 9.59 Å². The fourth-order valence-electron chi connectivity index (χ4n) is 8.85. The second kappa shape index (κ2) is 25.7. The van der Waals surface area contributed by atoms with Crippen LogP contribution in [0.25, 0.3) is 10.4 Å². The topological polar surface area (TPSA) is 287 Å². The van der Waals surface area contributed by atoms with E-state index in [-0.39, 0.29) is 17.7 Å². The molecular weight excluding hydrogens is 1070 g/mol. The van der Waals surface area contributed by atoms with Crippen molar-refractivity contribution in [3.8, 4) is 0 Å². The summed E-state index contributed by atoms with van der Waals surface area (Å²) in [5, 5.41) is 12.2. The number of nitrogens with zero attached hydrogens (tertiary/aromatic N) is 3. The quantitative estimate of drug-likeness (QED) is 0.0205. The zero-order valence-electron chi connectivity index (χ0n) is 41.7. The van der Waals surface area contributed by atoms with Gasteiger partial charge in [0, 0.05) is 25.7 Å². The Bertz CT molecular complexity index is 2560. The van der Waals surface area contributed by atoms with Crippen LogP contribution in [0.5, 0.6) is 0 Å². The standard InChI is InChI=1S/C50H55Cl3N4O19/c1-25-35(67-26(2)58)39(69-28(4)60)41(63-22-29-16-10-7-11-17-29)46(66-25)73-42-40-37(75-49(5,6)76-40)33(24-65-44(62)31-20-14-9-15-21-31)71-47(42)72-36-32(23-64-43(61)30-18-12-8-13-19-30)70-45(74-48(54)50(51,52)53)34(56-57-55)38(36)68-27(3)59/h7-21,25,32-42,45-47,54H,22-24H2,1-6H3/t25-,32+,33+,34+,35+,36+,37-,38+,39+,40-,41-,42+,45?,46-,47-/m0/s1. The predicted molar refractivity (Wildman–Crippen MR) is 262 cm³/mol. The van der Waals surface area contributed by atoms with E-state index in [1.165, 1.54) is 19.1 Å². The lowest BCUT2D eigenvalue weighted by molar-refractivity contribution is -0.376. The number of benzene rings is 3. The smallest absolute Gasteiger partial charge is 0.338 e. The fraction of sp³-hybridized carbons (Fsp3) is 0.520. The van der Waals surface area contributed by atoms with Gasteiger partial charge >= 0.3 is 29.8 Å². The maximum Gasteiger partial charge on any atom is 0.338 e. The molecule has 3 aromatic carbocycles. The fourth-order valence-corrected chi connectivity index (χ4v) is 8.98. The molecule has 0 bridgehead atoms.